The van der Waals surface area contributed by atoms with E-state index in [4.69, 9.17) is 0 Å². The fourth-order valence-electron chi connectivity index (χ4n) is 1.79. The Labute approximate surface area is 121 Å². The molecular weight excluding hydrogens is 274 g/mol. The first-order valence-corrected chi connectivity index (χ1v) is 6.67. The molecule has 2 heterocycles. The Kier molecular flexibility index (Phi) is 5.02. The van der Waals surface area contributed by atoms with Crippen molar-refractivity contribution in [1.29, 1.82) is 0 Å². The quantitative estimate of drug-likeness (QED) is 0.431. The summed E-state index contributed by atoms with van der Waals surface area (Å²) in [5.41, 5.74) is 0.0136. The molecule has 0 aliphatic rings. The summed E-state index contributed by atoms with van der Waals surface area (Å²) in [6.07, 6.45) is 4.22. The number of hydrogen-bond acceptors (Lipinski definition) is 7. The van der Waals surface area contributed by atoms with Gasteiger partial charge < -0.3 is 10.6 Å². The van der Waals surface area contributed by atoms with Crippen molar-refractivity contribution in [3.05, 3.63) is 34.6 Å². The first kappa shape index (κ1) is 14.7. The molecule has 2 rings (SSSR count). The lowest BCUT2D eigenvalue weighted by atomic mass is 10.3. The van der Waals surface area contributed by atoms with Crippen LogP contribution < -0.4 is 10.6 Å². The van der Waals surface area contributed by atoms with E-state index in [1.165, 1.54) is 12.1 Å². The van der Waals surface area contributed by atoms with E-state index in [1.807, 2.05) is 6.92 Å². The van der Waals surface area contributed by atoms with Gasteiger partial charge in [0.15, 0.2) is 0 Å². The Morgan fingerprint density at radius 3 is 2.71 bits per heavy atom. The molecule has 9 nitrogen and oxygen atoms in total. The second-order valence-electron chi connectivity index (χ2n) is 4.33. The summed E-state index contributed by atoms with van der Waals surface area (Å²) in [5.74, 6) is 0.976. The highest BCUT2D eigenvalue weighted by Gasteiger charge is 2.10. The first-order valence-electron chi connectivity index (χ1n) is 6.67. The van der Waals surface area contributed by atoms with E-state index in [9.17, 15) is 10.1 Å². The van der Waals surface area contributed by atoms with Gasteiger partial charge >= 0.3 is 0 Å². The van der Waals surface area contributed by atoms with Gasteiger partial charge in [-0.15, -0.1) is 5.10 Å². The zero-order valence-electron chi connectivity index (χ0n) is 11.7. The van der Waals surface area contributed by atoms with Crippen molar-refractivity contribution in [2.24, 2.45) is 0 Å². The second kappa shape index (κ2) is 7.17. The summed E-state index contributed by atoms with van der Waals surface area (Å²) in [7, 11) is 0. The number of aromatic nitrogens is 4. The molecule has 0 aliphatic heterocycles. The molecule has 0 spiro atoms. The zero-order valence-corrected chi connectivity index (χ0v) is 11.7. The molecule has 0 atom stereocenters. The van der Waals surface area contributed by atoms with Crippen LogP contribution in [0, 0.1) is 10.1 Å². The third kappa shape index (κ3) is 4.41. The summed E-state index contributed by atoms with van der Waals surface area (Å²) in [6, 6.07) is 2.85. The van der Waals surface area contributed by atoms with Crippen molar-refractivity contribution in [3.8, 4) is 0 Å². The van der Waals surface area contributed by atoms with Crippen molar-refractivity contribution in [2.45, 2.75) is 19.9 Å². The molecule has 2 aromatic rings. The average Bonchev–Trinajstić information content (AvgIpc) is 2.97. The minimum Gasteiger partial charge on any atom is -0.370 e. The number of rotatable bonds is 8. The zero-order chi connectivity index (χ0) is 15.1. The van der Waals surface area contributed by atoms with E-state index < -0.39 is 4.92 Å². The summed E-state index contributed by atoms with van der Waals surface area (Å²) in [5, 5.41) is 24.5. The van der Waals surface area contributed by atoms with Crippen molar-refractivity contribution in [1.82, 2.24) is 20.0 Å². The number of anilines is 2. The molecule has 0 amide bonds. The predicted molar refractivity (Wildman–Crippen MR) is 78.2 cm³/mol. The molecule has 0 aromatic carbocycles. The number of pyridine rings is 1. The van der Waals surface area contributed by atoms with E-state index in [0.29, 0.717) is 24.7 Å². The minimum atomic E-state index is -0.427. The van der Waals surface area contributed by atoms with Gasteiger partial charge in [-0.3, -0.25) is 14.8 Å². The van der Waals surface area contributed by atoms with Gasteiger partial charge in [0.2, 0.25) is 0 Å². The van der Waals surface area contributed by atoms with Crippen molar-refractivity contribution >= 4 is 17.3 Å². The third-order valence-electron chi connectivity index (χ3n) is 2.72. The highest BCUT2D eigenvalue weighted by Crippen LogP contribution is 2.20. The van der Waals surface area contributed by atoms with Crippen LogP contribution in [0.15, 0.2) is 24.5 Å². The van der Waals surface area contributed by atoms with Crippen LogP contribution in [-0.2, 0) is 6.54 Å². The predicted octanol–water partition coefficient (Wildman–Crippen LogP) is 1.52. The molecule has 0 fully saturated rings. The molecule has 0 unspecified atom stereocenters. The summed E-state index contributed by atoms with van der Waals surface area (Å²) >= 11 is 0. The van der Waals surface area contributed by atoms with Gasteiger partial charge in [0.25, 0.3) is 5.69 Å². The molecule has 2 aromatic heterocycles. The second-order valence-corrected chi connectivity index (χ2v) is 4.33. The molecule has 0 radical (unpaired) electrons. The van der Waals surface area contributed by atoms with Crippen LogP contribution in [0.5, 0.6) is 0 Å². The van der Waals surface area contributed by atoms with Gasteiger partial charge in [0, 0.05) is 25.8 Å². The summed E-state index contributed by atoms with van der Waals surface area (Å²) < 4.78 is 1.73. The van der Waals surface area contributed by atoms with Crippen LogP contribution >= 0.6 is 0 Å². The van der Waals surface area contributed by atoms with Crippen LogP contribution in [0.3, 0.4) is 0 Å². The van der Waals surface area contributed by atoms with E-state index in [-0.39, 0.29) is 5.69 Å². The van der Waals surface area contributed by atoms with Gasteiger partial charge in [-0.25, -0.2) is 4.98 Å². The Balaban J connectivity index is 1.93. The Hall–Kier alpha value is -2.71. The number of nitrogens with one attached hydrogen (secondary N) is 2. The Morgan fingerprint density at radius 2 is 2.10 bits per heavy atom. The molecule has 0 saturated carbocycles. The molecular formula is C12H17N7O2. The number of hydrogen-bond donors (Lipinski definition) is 2. The SMILES string of the molecule is CCNc1cc([N+](=O)[O-])cc(NCCCn2ccnn2)n1. The molecule has 2 N–H and O–H groups in total. The van der Waals surface area contributed by atoms with E-state index in [1.54, 1.807) is 17.1 Å². The van der Waals surface area contributed by atoms with Crippen LogP contribution in [0.2, 0.25) is 0 Å². The van der Waals surface area contributed by atoms with E-state index in [0.717, 1.165) is 13.0 Å². The smallest absolute Gasteiger partial charge is 0.276 e. The Bertz CT molecular complexity index is 585. The third-order valence-corrected chi connectivity index (χ3v) is 2.72. The standard InChI is InChI=1S/C12H17N7O2/c1-2-13-11-8-10(19(20)21)9-12(16-11)14-4-3-6-18-7-5-15-17-18/h5,7-9H,2-4,6H2,1H3,(H2,13,14,16). The molecule has 9 heteroatoms. The summed E-state index contributed by atoms with van der Waals surface area (Å²) in [4.78, 5) is 14.7. The average molecular weight is 291 g/mol. The highest BCUT2D eigenvalue weighted by atomic mass is 16.6. The van der Waals surface area contributed by atoms with Gasteiger partial charge in [-0.1, -0.05) is 5.21 Å². The van der Waals surface area contributed by atoms with Crippen molar-refractivity contribution in [3.63, 3.8) is 0 Å². The topological polar surface area (TPSA) is 111 Å². The fraction of sp³-hybridized carbons (Fsp3) is 0.417. The largest absolute Gasteiger partial charge is 0.370 e. The maximum absolute atomic E-state index is 10.9. The monoisotopic (exact) mass is 291 g/mol. The van der Waals surface area contributed by atoms with Crippen LogP contribution in [0.1, 0.15) is 13.3 Å². The van der Waals surface area contributed by atoms with Gasteiger partial charge in [-0.2, -0.15) is 0 Å². The minimum absolute atomic E-state index is 0.0136. The van der Waals surface area contributed by atoms with Crippen molar-refractivity contribution < 1.29 is 4.92 Å². The molecule has 0 saturated heterocycles. The molecule has 112 valence electrons. The number of nitro groups is 1. The van der Waals surface area contributed by atoms with Gasteiger partial charge in [0.1, 0.15) is 11.6 Å². The summed E-state index contributed by atoms with van der Waals surface area (Å²) in [6.45, 7) is 3.92. The maximum atomic E-state index is 10.9. The van der Waals surface area contributed by atoms with Crippen molar-refractivity contribution in [2.75, 3.05) is 23.7 Å². The van der Waals surface area contributed by atoms with Gasteiger partial charge in [0.05, 0.1) is 23.3 Å². The normalized spacial score (nSPS) is 10.3. The molecule has 0 aliphatic carbocycles. The van der Waals surface area contributed by atoms with Crippen LogP contribution in [0.4, 0.5) is 17.3 Å². The lowest BCUT2D eigenvalue weighted by Crippen LogP contribution is -2.09. The van der Waals surface area contributed by atoms with E-state index >= 15 is 0 Å². The van der Waals surface area contributed by atoms with Gasteiger partial charge in [-0.05, 0) is 13.3 Å². The lowest BCUT2D eigenvalue weighted by Gasteiger charge is -2.08. The molecule has 21 heavy (non-hydrogen) atoms. The maximum Gasteiger partial charge on any atom is 0.276 e. The van der Waals surface area contributed by atoms with E-state index in [2.05, 4.69) is 25.9 Å². The van der Waals surface area contributed by atoms with Crippen LogP contribution in [-0.4, -0.2) is 38.0 Å². The first-order chi connectivity index (χ1) is 10.2. The molecule has 0 bridgehead atoms. The fourth-order valence-corrected chi connectivity index (χ4v) is 1.79. The van der Waals surface area contributed by atoms with Crippen LogP contribution in [0.25, 0.3) is 0 Å². The Morgan fingerprint density at radius 1 is 1.33 bits per heavy atom. The number of aryl methyl sites for hydroxylation is 1. The highest BCUT2D eigenvalue weighted by molar-refractivity contribution is 5.54. The number of nitrogens with zero attached hydrogens (tertiary/aromatic N) is 5. The lowest BCUT2D eigenvalue weighted by molar-refractivity contribution is -0.384.